The summed E-state index contributed by atoms with van der Waals surface area (Å²) in [6.45, 7) is 2.57. The Morgan fingerprint density at radius 1 is 1.50 bits per heavy atom. The van der Waals surface area contributed by atoms with Crippen LogP contribution in [0.1, 0.15) is 23.0 Å². The average Bonchev–Trinajstić information content (AvgIpc) is 2.60. The largest absolute Gasteiger partial charge is 0.479 e. The van der Waals surface area contributed by atoms with Gasteiger partial charge >= 0.3 is 12.1 Å². The zero-order valence-electron chi connectivity index (χ0n) is 13.2. The van der Waals surface area contributed by atoms with Gasteiger partial charge in [0.25, 0.3) is 5.91 Å². The van der Waals surface area contributed by atoms with Crippen molar-refractivity contribution in [2.75, 3.05) is 26.3 Å². The van der Waals surface area contributed by atoms with Crippen LogP contribution < -0.4 is 5.32 Å². The van der Waals surface area contributed by atoms with Crippen molar-refractivity contribution in [1.29, 1.82) is 0 Å². The van der Waals surface area contributed by atoms with Gasteiger partial charge in [-0.3, -0.25) is 9.78 Å². The van der Waals surface area contributed by atoms with E-state index in [-0.39, 0.29) is 32.2 Å². The minimum atomic E-state index is -1.10. The topological polar surface area (TPSA) is 118 Å². The number of carboxylic acid groups (broad SMARTS) is 1. The summed E-state index contributed by atoms with van der Waals surface area (Å²) in [6, 6.07) is 3.10. The molecule has 2 N–H and O–H groups in total. The van der Waals surface area contributed by atoms with Gasteiger partial charge < -0.3 is 24.8 Å². The van der Waals surface area contributed by atoms with E-state index in [0.29, 0.717) is 17.8 Å². The van der Waals surface area contributed by atoms with Crippen molar-refractivity contribution >= 4 is 18.0 Å². The van der Waals surface area contributed by atoms with Crippen molar-refractivity contribution in [3.05, 3.63) is 29.6 Å². The number of nitrogens with one attached hydrogen (secondary N) is 1. The van der Waals surface area contributed by atoms with Crippen LogP contribution >= 0.6 is 0 Å². The number of rotatable bonds is 5. The molecule has 1 aromatic heterocycles. The first-order valence-corrected chi connectivity index (χ1v) is 7.50. The Labute approximate surface area is 138 Å². The minimum Gasteiger partial charge on any atom is -0.479 e. The fraction of sp³-hybridized carbons (Fsp3) is 0.467. The van der Waals surface area contributed by atoms with Gasteiger partial charge in [0.15, 0.2) is 6.10 Å². The van der Waals surface area contributed by atoms with Gasteiger partial charge in [0, 0.05) is 18.3 Å². The Kier molecular flexibility index (Phi) is 6.07. The Hall–Kier alpha value is -2.68. The highest BCUT2D eigenvalue weighted by Crippen LogP contribution is 2.11. The number of pyridine rings is 1. The normalized spacial score (nSPS) is 17.2. The van der Waals surface area contributed by atoms with Crippen molar-refractivity contribution < 1.29 is 29.0 Å². The molecule has 2 amide bonds. The molecule has 9 nitrogen and oxygen atoms in total. The summed E-state index contributed by atoms with van der Waals surface area (Å²) in [4.78, 5) is 40.3. The summed E-state index contributed by atoms with van der Waals surface area (Å²) < 4.78 is 9.85. The zero-order chi connectivity index (χ0) is 17.5. The van der Waals surface area contributed by atoms with Crippen LogP contribution in [0.15, 0.2) is 18.3 Å². The number of hydrogen-bond donors (Lipinski definition) is 2. The third kappa shape index (κ3) is 4.66. The molecular formula is C15H19N3O6. The van der Waals surface area contributed by atoms with Gasteiger partial charge in [0.2, 0.25) is 0 Å². The molecule has 9 heteroatoms. The number of nitrogens with zero attached hydrogens (tertiary/aromatic N) is 2. The summed E-state index contributed by atoms with van der Waals surface area (Å²) in [5.74, 6) is -1.40. The van der Waals surface area contributed by atoms with Gasteiger partial charge in [-0.15, -0.1) is 0 Å². The van der Waals surface area contributed by atoms with E-state index in [1.807, 2.05) is 0 Å². The van der Waals surface area contributed by atoms with E-state index in [4.69, 9.17) is 14.6 Å². The van der Waals surface area contributed by atoms with Crippen LogP contribution in [0.5, 0.6) is 0 Å². The molecule has 0 aromatic carbocycles. The number of carboxylic acids is 1. The number of morpholine rings is 1. The second-order valence-corrected chi connectivity index (χ2v) is 5.06. The Morgan fingerprint density at radius 3 is 3.00 bits per heavy atom. The number of hydrogen-bond acceptors (Lipinski definition) is 6. The Morgan fingerprint density at radius 2 is 2.29 bits per heavy atom. The van der Waals surface area contributed by atoms with E-state index in [2.05, 4.69) is 10.3 Å². The molecule has 0 saturated carbocycles. The van der Waals surface area contributed by atoms with Crippen molar-refractivity contribution in [2.45, 2.75) is 19.6 Å². The maximum absolute atomic E-state index is 12.5. The quantitative estimate of drug-likeness (QED) is 0.791. The molecule has 130 valence electrons. The molecule has 1 saturated heterocycles. The molecule has 1 unspecified atom stereocenters. The van der Waals surface area contributed by atoms with Gasteiger partial charge in [-0.25, -0.2) is 9.59 Å². The molecule has 0 spiro atoms. The van der Waals surface area contributed by atoms with E-state index in [1.54, 1.807) is 19.1 Å². The lowest BCUT2D eigenvalue weighted by atomic mass is 10.1. The summed E-state index contributed by atoms with van der Waals surface area (Å²) in [7, 11) is 0. The molecule has 24 heavy (non-hydrogen) atoms. The van der Waals surface area contributed by atoms with E-state index in [1.165, 1.54) is 11.1 Å². The fourth-order valence-corrected chi connectivity index (χ4v) is 2.22. The Balaban J connectivity index is 2.00. The molecule has 0 aliphatic carbocycles. The van der Waals surface area contributed by atoms with E-state index < -0.39 is 18.2 Å². The minimum absolute atomic E-state index is 0.00704. The number of alkyl carbamates (subject to hydrolysis) is 1. The molecule has 2 rings (SSSR count). The van der Waals surface area contributed by atoms with Crippen LogP contribution in [0.4, 0.5) is 4.79 Å². The summed E-state index contributed by atoms with van der Waals surface area (Å²) in [5.41, 5.74) is 0.869. The van der Waals surface area contributed by atoms with Crippen molar-refractivity contribution in [2.24, 2.45) is 0 Å². The maximum Gasteiger partial charge on any atom is 0.407 e. The summed E-state index contributed by atoms with van der Waals surface area (Å²) in [6.07, 6.45) is -0.118. The number of amides is 2. The van der Waals surface area contributed by atoms with Gasteiger partial charge in [-0.1, -0.05) is 0 Å². The van der Waals surface area contributed by atoms with Crippen LogP contribution in [0.3, 0.4) is 0 Å². The predicted molar refractivity (Wildman–Crippen MR) is 81.4 cm³/mol. The van der Waals surface area contributed by atoms with Crippen LogP contribution in [0.2, 0.25) is 0 Å². The van der Waals surface area contributed by atoms with Crippen LogP contribution in [-0.4, -0.2) is 65.4 Å². The number of aliphatic carboxylic acids is 1. The SMILES string of the molecule is CCOC(=O)NCc1cc(C(=O)N2CCOC(C(=O)O)C2)ccn1. The van der Waals surface area contributed by atoms with Crippen LogP contribution in [0, 0.1) is 0 Å². The van der Waals surface area contributed by atoms with Gasteiger partial charge in [0.1, 0.15) is 0 Å². The Bertz CT molecular complexity index is 621. The second-order valence-electron chi connectivity index (χ2n) is 5.06. The fourth-order valence-electron chi connectivity index (χ4n) is 2.22. The lowest BCUT2D eigenvalue weighted by Crippen LogP contribution is -2.48. The summed E-state index contributed by atoms with van der Waals surface area (Å²) in [5, 5.41) is 11.5. The predicted octanol–water partition coefficient (Wildman–Crippen LogP) is 0.253. The monoisotopic (exact) mass is 337 g/mol. The molecule has 2 heterocycles. The highest BCUT2D eigenvalue weighted by molar-refractivity contribution is 5.94. The first-order chi connectivity index (χ1) is 11.5. The van der Waals surface area contributed by atoms with E-state index in [9.17, 15) is 14.4 Å². The van der Waals surface area contributed by atoms with Crippen molar-refractivity contribution in [1.82, 2.24) is 15.2 Å². The smallest absolute Gasteiger partial charge is 0.407 e. The van der Waals surface area contributed by atoms with Crippen LogP contribution in [-0.2, 0) is 20.8 Å². The first-order valence-electron chi connectivity index (χ1n) is 7.50. The van der Waals surface area contributed by atoms with Gasteiger partial charge in [0.05, 0.1) is 32.0 Å². The van der Waals surface area contributed by atoms with E-state index >= 15 is 0 Å². The number of carbonyl (C=O) groups excluding carboxylic acids is 2. The molecular weight excluding hydrogens is 318 g/mol. The third-order valence-corrected chi connectivity index (χ3v) is 3.38. The first kappa shape index (κ1) is 17.7. The molecule has 1 atom stereocenters. The van der Waals surface area contributed by atoms with Gasteiger partial charge in [-0.2, -0.15) is 0 Å². The van der Waals surface area contributed by atoms with E-state index in [0.717, 1.165) is 0 Å². The lowest BCUT2D eigenvalue weighted by Gasteiger charge is -2.30. The third-order valence-electron chi connectivity index (χ3n) is 3.38. The number of aromatic nitrogens is 1. The molecule has 0 bridgehead atoms. The number of carbonyl (C=O) groups is 3. The zero-order valence-corrected chi connectivity index (χ0v) is 13.2. The summed E-state index contributed by atoms with van der Waals surface area (Å²) >= 11 is 0. The van der Waals surface area contributed by atoms with Gasteiger partial charge in [-0.05, 0) is 19.1 Å². The second kappa shape index (κ2) is 8.25. The highest BCUT2D eigenvalue weighted by atomic mass is 16.5. The molecule has 0 radical (unpaired) electrons. The number of ether oxygens (including phenoxy) is 2. The molecule has 1 aromatic rings. The lowest BCUT2D eigenvalue weighted by molar-refractivity contribution is -0.154. The van der Waals surface area contributed by atoms with Crippen molar-refractivity contribution in [3.8, 4) is 0 Å². The maximum atomic E-state index is 12.5. The highest BCUT2D eigenvalue weighted by Gasteiger charge is 2.29. The standard InChI is InChI=1S/C15H19N3O6/c1-2-23-15(22)17-8-11-7-10(3-4-16-11)13(19)18-5-6-24-12(9-18)14(20)21/h3-4,7,12H,2,5-6,8-9H2,1H3,(H,17,22)(H,20,21). The molecule has 1 aliphatic heterocycles. The average molecular weight is 337 g/mol. The molecule has 1 fully saturated rings. The van der Waals surface area contributed by atoms with Crippen molar-refractivity contribution in [3.63, 3.8) is 0 Å². The van der Waals surface area contributed by atoms with Crippen LogP contribution in [0.25, 0.3) is 0 Å². The molecule has 1 aliphatic rings.